The highest BCUT2D eigenvalue weighted by atomic mass is 16.5. The summed E-state index contributed by atoms with van der Waals surface area (Å²) < 4.78 is 5.04. The highest BCUT2D eigenvalue weighted by Gasteiger charge is 2.21. The number of amides is 3. The Bertz CT molecular complexity index is 1110. The molecule has 10 heteroatoms. The normalized spacial score (nSPS) is 12.5. The van der Waals surface area contributed by atoms with Crippen molar-refractivity contribution in [2.45, 2.75) is 31.6 Å². The van der Waals surface area contributed by atoms with Crippen molar-refractivity contribution < 1.29 is 24.2 Å². The number of rotatable bonds is 10. The molecule has 0 bridgehead atoms. The molecule has 33 heavy (non-hydrogen) atoms. The molecule has 2 aromatic carbocycles. The number of fused-ring (bicyclic) bond motifs is 1. The Morgan fingerprint density at radius 3 is 2.45 bits per heavy atom. The van der Waals surface area contributed by atoms with Crippen molar-refractivity contribution in [1.82, 2.24) is 20.6 Å². The molecular formula is C23H25N5O5. The monoisotopic (exact) mass is 451 g/mol. The van der Waals surface area contributed by atoms with E-state index in [0.29, 0.717) is 16.7 Å². The molecule has 3 amide bonds. The second-order valence-electron chi connectivity index (χ2n) is 7.38. The highest BCUT2D eigenvalue weighted by molar-refractivity contribution is 5.87. The van der Waals surface area contributed by atoms with Crippen LogP contribution >= 0.6 is 0 Å². The van der Waals surface area contributed by atoms with Gasteiger partial charge < -0.3 is 26.2 Å². The van der Waals surface area contributed by atoms with Gasteiger partial charge in [0.1, 0.15) is 12.6 Å². The molecule has 10 nitrogen and oxygen atoms in total. The molecule has 0 aliphatic rings. The van der Waals surface area contributed by atoms with Crippen molar-refractivity contribution >= 4 is 28.9 Å². The van der Waals surface area contributed by atoms with Gasteiger partial charge in [-0.1, -0.05) is 42.5 Å². The van der Waals surface area contributed by atoms with E-state index in [2.05, 4.69) is 20.6 Å². The molecule has 0 radical (unpaired) electrons. The topological polar surface area (TPSA) is 157 Å². The third kappa shape index (κ3) is 7.54. The number of ether oxygens (including phenoxy) is 1. The maximum atomic E-state index is 12.3. The molecule has 0 spiro atoms. The van der Waals surface area contributed by atoms with Crippen LogP contribution in [0.25, 0.3) is 11.0 Å². The summed E-state index contributed by atoms with van der Waals surface area (Å²) in [6.45, 7) is -0.111. The molecule has 3 rings (SSSR count). The minimum absolute atomic E-state index is 0.0546. The van der Waals surface area contributed by atoms with Crippen LogP contribution in [0.2, 0.25) is 0 Å². The Hall–Kier alpha value is -4.05. The molecule has 0 saturated carbocycles. The van der Waals surface area contributed by atoms with Gasteiger partial charge in [0.2, 0.25) is 11.8 Å². The second-order valence-corrected chi connectivity index (χ2v) is 7.38. The predicted octanol–water partition coefficient (Wildman–Crippen LogP) is 0.820. The number of primary amides is 1. The minimum atomic E-state index is -1.18. The lowest BCUT2D eigenvalue weighted by molar-refractivity contribution is -0.128. The van der Waals surface area contributed by atoms with Crippen molar-refractivity contribution in [2.75, 3.05) is 6.54 Å². The minimum Gasteiger partial charge on any atom is -0.445 e. The number of hydrogen-bond donors (Lipinski definition) is 4. The Morgan fingerprint density at radius 2 is 1.73 bits per heavy atom. The zero-order chi connectivity index (χ0) is 23.6. The van der Waals surface area contributed by atoms with Gasteiger partial charge in [-0.3, -0.25) is 14.6 Å². The summed E-state index contributed by atoms with van der Waals surface area (Å²) in [5, 5.41) is 14.9. The average Bonchev–Trinajstić information content (AvgIpc) is 2.81. The van der Waals surface area contributed by atoms with E-state index in [1.807, 2.05) is 48.5 Å². The molecule has 2 atom stereocenters. The van der Waals surface area contributed by atoms with Crippen LogP contribution in [0.4, 0.5) is 4.79 Å². The lowest BCUT2D eigenvalue weighted by Gasteiger charge is -2.17. The van der Waals surface area contributed by atoms with Crippen LogP contribution in [-0.4, -0.2) is 51.7 Å². The summed E-state index contributed by atoms with van der Waals surface area (Å²) in [5.74, 6) is -1.34. The predicted molar refractivity (Wildman–Crippen MR) is 120 cm³/mol. The fraction of sp³-hybridized carbons (Fsp3) is 0.261. The Balaban J connectivity index is 1.44. The molecule has 0 aliphatic carbocycles. The van der Waals surface area contributed by atoms with Crippen LogP contribution in [0.3, 0.4) is 0 Å². The molecule has 0 unspecified atom stereocenters. The fourth-order valence-electron chi connectivity index (χ4n) is 3.04. The Morgan fingerprint density at radius 1 is 1.03 bits per heavy atom. The average molecular weight is 451 g/mol. The first-order chi connectivity index (χ1) is 15.9. The molecule has 0 aliphatic heterocycles. The van der Waals surface area contributed by atoms with Gasteiger partial charge in [-0.2, -0.15) is 0 Å². The first kappa shape index (κ1) is 23.6. The van der Waals surface area contributed by atoms with Crippen LogP contribution in [0.5, 0.6) is 0 Å². The SMILES string of the molecule is NC(=O)[C@H](Cc1cnc2ccccc2n1)NC(=O)C[C@H](O)CNC(=O)OCc1ccccc1. The Labute approximate surface area is 190 Å². The van der Waals surface area contributed by atoms with E-state index in [4.69, 9.17) is 10.5 Å². The molecule has 0 fully saturated rings. The number of aliphatic hydroxyl groups is 1. The van der Waals surface area contributed by atoms with Crippen molar-refractivity contribution in [3.8, 4) is 0 Å². The third-order valence-electron chi connectivity index (χ3n) is 4.71. The number of carbonyl (C=O) groups excluding carboxylic acids is 3. The molecule has 1 heterocycles. The first-order valence-corrected chi connectivity index (χ1v) is 10.3. The summed E-state index contributed by atoms with van der Waals surface area (Å²) in [7, 11) is 0. The number of benzene rings is 2. The van der Waals surface area contributed by atoms with E-state index in [-0.39, 0.29) is 26.0 Å². The summed E-state index contributed by atoms with van der Waals surface area (Å²) in [5.41, 5.74) is 8.09. The second kappa shape index (κ2) is 11.5. The number of hydrogen-bond acceptors (Lipinski definition) is 7. The first-order valence-electron chi connectivity index (χ1n) is 10.3. The quantitative estimate of drug-likeness (QED) is 0.355. The van der Waals surface area contributed by atoms with E-state index in [9.17, 15) is 19.5 Å². The van der Waals surface area contributed by atoms with Gasteiger partial charge in [-0.15, -0.1) is 0 Å². The van der Waals surface area contributed by atoms with Crippen LogP contribution < -0.4 is 16.4 Å². The summed E-state index contributed by atoms with van der Waals surface area (Å²) >= 11 is 0. The number of nitrogens with two attached hydrogens (primary N) is 1. The number of alkyl carbamates (subject to hydrolysis) is 1. The van der Waals surface area contributed by atoms with Gasteiger partial charge in [-0.05, 0) is 17.7 Å². The van der Waals surface area contributed by atoms with E-state index < -0.39 is 30.1 Å². The van der Waals surface area contributed by atoms with Crippen LogP contribution in [0.15, 0.2) is 60.8 Å². The van der Waals surface area contributed by atoms with Gasteiger partial charge in [0.25, 0.3) is 0 Å². The van der Waals surface area contributed by atoms with Gasteiger partial charge >= 0.3 is 6.09 Å². The molecule has 0 saturated heterocycles. The van der Waals surface area contributed by atoms with Gasteiger partial charge in [0.15, 0.2) is 0 Å². The summed E-state index contributed by atoms with van der Waals surface area (Å²) in [4.78, 5) is 44.5. The standard InChI is InChI=1S/C23H25N5O5/c24-22(31)20(10-16-12-25-18-8-4-5-9-19(18)27-16)28-21(30)11-17(29)13-26-23(32)33-14-15-6-2-1-3-7-15/h1-9,12,17,20,29H,10-11,13-14H2,(H2,24,31)(H,26,32)(H,28,30)/t17-,20-/m0/s1. The van der Waals surface area contributed by atoms with E-state index in [0.717, 1.165) is 5.56 Å². The largest absolute Gasteiger partial charge is 0.445 e. The zero-order valence-electron chi connectivity index (χ0n) is 17.8. The summed E-state index contributed by atoms with van der Waals surface area (Å²) in [6.07, 6.45) is -0.665. The zero-order valence-corrected chi connectivity index (χ0v) is 17.8. The van der Waals surface area contributed by atoms with E-state index in [1.54, 1.807) is 6.07 Å². The van der Waals surface area contributed by atoms with Crippen molar-refractivity contribution in [3.63, 3.8) is 0 Å². The van der Waals surface area contributed by atoms with E-state index >= 15 is 0 Å². The molecular weight excluding hydrogens is 426 g/mol. The van der Waals surface area contributed by atoms with Crippen molar-refractivity contribution in [2.24, 2.45) is 5.73 Å². The highest BCUT2D eigenvalue weighted by Crippen LogP contribution is 2.10. The van der Waals surface area contributed by atoms with Gasteiger partial charge in [0, 0.05) is 19.2 Å². The number of nitrogens with one attached hydrogen (secondary N) is 2. The van der Waals surface area contributed by atoms with Gasteiger partial charge in [0.05, 0.1) is 29.3 Å². The van der Waals surface area contributed by atoms with Crippen molar-refractivity contribution in [1.29, 1.82) is 0 Å². The number of nitrogens with zero attached hydrogens (tertiary/aromatic N) is 2. The maximum Gasteiger partial charge on any atom is 0.407 e. The van der Waals surface area contributed by atoms with Crippen molar-refractivity contribution in [3.05, 3.63) is 72.1 Å². The maximum absolute atomic E-state index is 12.3. The van der Waals surface area contributed by atoms with Crippen LogP contribution in [-0.2, 0) is 27.4 Å². The lowest BCUT2D eigenvalue weighted by Crippen LogP contribution is -2.47. The molecule has 5 N–H and O–H groups in total. The summed E-state index contributed by atoms with van der Waals surface area (Å²) in [6, 6.07) is 15.4. The Kier molecular flexibility index (Phi) is 8.25. The molecule has 3 aromatic rings. The number of carbonyl (C=O) groups is 3. The molecule has 172 valence electrons. The lowest BCUT2D eigenvalue weighted by atomic mass is 10.1. The number of aromatic nitrogens is 2. The molecule has 1 aromatic heterocycles. The fourth-order valence-corrected chi connectivity index (χ4v) is 3.04. The van der Waals surface area contributed by atoms with Crippen LogP contribution in [0.1, 0.15) is 17.7 Å². The van der Waals surface area contributed by atoms with E-state index in [1.165, 1.54) is 6.20 Å². The smallest absolute Gasteiger partial charge is 0.407 e. The third-order valence-corrected chi connectivity index (χ3v) is 4.71. The number of para-hydroxylation sites is 2. The number of aliphatic hydroxyl groups excluding tert-OH is 1. The van der Waals surface area contributed by atoms with Crippen LogP contribution in [0, 0.1) is 0 Å². The van der Waals surface area contributed by atoms with Gasteiger partial charge in [-0.25, -0.2) is 9.78 Å².